The van der Waals surface area contributed by atoms with Crippen LogP contribution >= 0.6 is 22.6 Å². The molecule has 0 aromatic carbocycles. The SMILES string of the molecule is C/C=C/I.CNc1nc([N-]CCC(C)N)nc2nc(C)cc(C)c12.[W]. The van der Waals surface area contributed by atoms with Crippen LogP contribution in [0.25, 0.3) is 16.4 Å². The fraction of sp³-hybridized carbons (Fsp3) is 0.471. The van der Waals surface area contributed by atoms with Gasteiger partial charge in [0.15, 0.2) is 0 Å². The molecule has 25 heavy (non-hydrogen) atoms. The van der Waals surface area contributed by atoms with E-state index in [2.05, 4.69) is 48.2 Å². The number of aromatic nitrogens is 3. The Morgan fingerprint density at radius 2 is 1.96 bits per heavy atom. The molecule has 0 amide bonds. The van der Waals surface area contributed by atoms with Gasteiger partial charge in [-0.2, -0.15) is 0 Å². The third-order valence-electron chi connectivity index (χ3n) is 3.18. The van der Waals surface area contributed by atoms with E-state index < -0.39 is 0 Å². The molecule has 6 nitrogen and oxygen atoms in total. The van der Waals surface area contributed by atoms with Crippen molar-refractivity contribution in [1.29, 1.82) is 0 Å². The summed E-state index contributed by atoms with van der Waals surface area (Å²) in [7, 11) is 1.84. The van der Waals surface area contributed by atoms with E-state index in [1.165, 1.54) is 0 Å². The van der Waals surface area contributed by atoms with E-state index >= 15 is 0 Å². The topological polar surface area (TPSA) is 90.8 Å². The molecule has 0 aliphatic carbocycles. The fourth-order valence-electron chi connectivity index (χ4n) is 2.09. The predicted molar refractivity (Wildman–Crippen MR) is 111 cm³/mol. The standard InChI is InChI=1S/C14H21N6.C3H5I.W/c1-8-7-10(3)18-13-11(8)12(16-4)19-14(20-13)17-6-5-9(2)15;1-2-3-4;/h7,9H,5-6,15H2,1-4H3,(H-,16,17,18,19,20);2-3H,1H3;/q-1;;/b;3-2+;. The van der Waals surface area contributed by atoms with Crippen LogP contribution in [0.15, 0.2) is 16.2 Å². The van der Waals surface area contributed by atoms with Crippen molar-refractivity contribution in [3.05, 3.63) is 32.8 Å². The van der Waals surface area contributed by atoms with E-state index in [0.29, 0.717) is 18.1 Å². The van der Waals surface area contributed by atoms with Crippen molar-refractivity contribution in [2.75, 3.05) is 18.9 Å². The van der Waals surface area contributed by atoms with Gasteiger partial charge in [0.05, 0.1) is 11.5 Å². The molecule has 1 unspecified atom stereocenters. The molecule has 3 N–H and O–H groups in total. The zero-order valence-corrected chi connectivity index (χ0v) is 20.5. The molecule has 0 saturated heterocycles. The zero-order chi connectivity index (χ0) is 18.1. The molecule has 0 fully saturated rings. The Kier molecular flexibility index (Phi) is 12.1. The summed E-state index contributed by atoms with van der Waals surface area (Å²) in [5.41, 5.74) is 8.45. The van der Waals surface area contributed by atoms with Crippen molar-refractivity contribution in [1.82, 2.24) is 15.0 Å². The van der Waals surface area contributed by atoms with Gasteiger partial charge < -0.3 is 26.3 Å². The number of fused-ring (bicyclic) bond motifs is 1. The number of rotatable bonds is 5. The molecule has 0 aliphatic heterocycles. The number of aryl methyl sites for hydroxylation is 2. The maximum atomic E-state index is 5.72. The number of nitrogens with one attached hydrogen (secondary N) is 1. The third kappa shape index (κ3) is 7.96. The summed E-state index contributed by atoms with van der Waals surface area (Å²) >= 11 is 2.17. The summed E-state index contributed by atoms with van der Waals surface area (Å²) in [5, 5.41) is 8.42. The first-order valence-corrected chi connectivity index (χ1v) is 9.15. The molecule has 0 saturated carbocycles. The monoisotopic (exact) mass is 625 g/mol. The first-order chi connectivity index (χ1) is 11.4. The number of hydrogen-bond acceptors (Lipinski definition) is 5. The Labute approximate surface area is 178 Å². The molecule has 0 bridgehead atoms. The number of nitrogens with two attached hydrogens (primary N) is 1. The first-order valence-electron chi connectivity index (χ1n) is 7.91. The molecular formula is C17H26IN6W-. The van der Waals surface area contributed by atoms with E-state index in [1.54, 1.807) is 0 Å². The van der Waals surface area contributed by atoms with Gasteiger partial charge >= 0.3 is 0 Å². The molecular weight excluding hydrogens is 599 g/mol. The van der Waals surface area contributed by atoms with E-state index in [1.807, 2.05) is 51.0 Å². The quantitative estimate of drug-likeness (QED) is 0.482. The minimum Gasteiger partial charge on any atom is -0.393 e. The van der Waals surface area contributed by atoms with Crippen LogP contribution in [-0.2, 0) is 21.1 Å². The second-order valence-electron chi connectivity index (χ2n) is 5.51. The smallest absolute Gasteiger partial charge is 0.0941 e. The summed E-state index contributed by atoms with van der Waals surface area (Å²) in [4.78, 5) is 13.3. The maximum Gasteiger partial charge on any atom is 0.0941 e. The van der Waals surface area contributed by atoms with Crippen LogP contribution in [0.2, 0.25) is 0 Å². The Balaban J connectivity index is 0.00000104. The Bertz CT molecular complexity index is 686. The van der Waals surface area contributed by atoms with Gasteiger partial charge in [-0.25, -0.2) is 4.98 Å². The van der Waals surface area contributed by atoms with E-state index in [9.17, 15) is 0 Å². The van der Waals surface area contributed by atoms with Crippen LogP contribution in [0.4, 0.5) is 11.8 Å². The largest absolute Gasteiger partial charge is 0.393 e. The fourth-order valence-corrected chi connectivity index (χ4v) is 2.09. The van der Waals surface area contributed by atoms with E-state index in [-0.39, 0.29) is 27.1 Å². The summed E-state index contributed by atoms with van der Waals surface area (Å²) in [6.45, 7) is 8.57. The third-order valence-corrected chi connectivity index (χ3v) is 3.90. The van der Waals surface area contributed by atoms with Crippen LogP contribution in [0.1, 0.15) is 31.5 Å². The van der Waals surface area contributed by atoms with E-state index in [0.717, 1.165) is 28.9 Å². The normalized spacial score (nSPS) is 11.5. The molecule has 138 valence electrons. The number of nitrogens with zero attached hydrogens (tertiary/aromatic N) is 4. The van der Waals surface area contributed by atoms with Crippen LogP contribution in [0.3, 0.4) is 0 Å². The average molecular weight is 625 g/mol. The number of halogens is 1. The molecule has 2 aromatic rings. The van der Waals surface area contributed by atoms with Gasteiger partial charge in [-0.15, -0.1) is 0 Å². The van der Waals surface area contributed by atoms with Gasteiger partial charge in [0.1, 0.15) is 0 Å². The molecule has 0 spiro atoms. The summed E-state index contributed by atoms with van der Waals surface area (Å²) < 4.78 is 1.97. The van der Waals surface area contributed by atoms with Gasteiger partial charge in [-0.1, -0.05) is 28.7 Å². The molecule has 1 atom stereocenters. The summed E-state index contributed by atoms with van der Waals surface area (Å²) in [5.74, 6) is 1.22. The molecule has 2 heterocycles. The van der Waals surface area contributed by atoms with Crippen molar-refractivity contribution >= 4 is 45.4 Å². The van der Waals surface area contributed by atoms with Crippen LogP contribution in [-0.4, -0.2) is 34.6 Å². The first kappa shape index (κ1) is 24.2. The molecule has 0 radical (unpaired) electrons. The van der Waals surface area contributed by atoms with Crippen molar-refractivity contribution in [2.45, 2.75) is 40.2 Å². The minimum absolute atomic E-state index is 0. The Hall–Kier alpha value is -0.792. The van der Waals surface area contributed by atoms with Gasteiger partial charge in [0.25, 0.3) is 0 Å². The number of hydrogen-bond donors (Lipinski definition) is 2. The van der Waals surface area contributed by atoms with Crippen LogP contribution < -0.4 is 11.1 Å². The molecule has 2 aromatic heterocycles. The summed E-state index contributed by atoms with van der Waals surface area (Å²) in [6.07, 6.45) is 2.80. The van der Waals surface area contributed by atoms with Crippen LogP contribution in [0.5, 0.6) is 0 Å². The molecule has 2 rings (SSSR count). The maximum absolute atomic E-state index is 5.72. The number of pyridine rings is 1. The minimum atomic E-state index is 0. The van der Waals surface area contributed by atoms with Gasteiger partial charge in [-0.05, 0) is 56.4 Å². The Morgan fingerprint density at radius 1 is 1.32 bits per heavy atom. The Morgan fingerprint density at radius 3 is 2.48 bits per heavy atom. The van der Waals surface area contributed by atoms with Gasteiger partial charge in [0, 0.05) is 51.2 Å². The average Bonchev–Trinajstić information content (AvgIpc) is 2.53. The summed E-state index contributed by atoms with van der Waals surface area (Å²) in [6, 6.07) is 2.16. The van der Waals surface area contributed by atoms with Crippen molar-refractivity contribution in [3.8, 4) is 0 Å². The number of allylic oxidation sites excluding steroid dienone is 1. The predicted octanol–water partition coefficient (Wildman–Crippen LogP) is 4.38. The van der Waals surface area contributed by atoms with Gasteiger partial charge in [-0.3, -0.25) is 0 Å². The second kappa shape index (κ2) is 12.5. The number of anilines is 1. The zero-order valence-electron chi connectivity index (χ0n) is 15.4. The van der Waals surface area contributed by atoms with Crippen molar-refractivity contribution < 1.29 is 21.1 Å². The molecule has 8 heteroatoms. The molecule has 0 aliphatic rings. The van der Waals surface area contributed by atoms with Gasteiger partial charge in [0.2, 0.25) is 0 Å². The second-order valence-corrected chi connectivity index (χ2v) is 6.23. The van der Waals surface area contributed by atoms with Crippen molar-refractivity contribution in [3.63, 3.8) is 0 Å². The van der Waals surface area contributed by atoms with Crippen molar-refractivity contribution in [2.24, 2.45) is 5.73 Å². The van der Waals surface area contributed by atoms with E-state index in [4.69, 9.17) is 5.73 Å². The van der Waals surface area contributed by atoms with Crippen LogP contribution in [0, 0.1) is 13.8 Å².